The number of aryl methyl sites for hydroxylation is 1. The molecule has 4 nitrogen and oxygen atoms in total. The van der Waals surface area contributed by atoms with Crippen LogP contribution in [0.3, 0.4) is 0 Å². The number of aromatic amines is 1. The molecule has 2 N–H and O–H groups in total. The van der Waals surface area contributed by atoms with Crippen molar-refractivity contribution in [2.24, 2.45) is 0 Å². The maximum atomic E-state index is 13.3. The number of halogens is 1. The minimum Gasteiger partial charge on any atom is -0.361 e. The number of aromatic nitrogens is 2. The Hall–Kier alpha value is -2.21. The molecule has 0 unspecified atom stereocenters. The molecule has 0 aliphatic carbocycles. The van der Waals surface area contributed by atoms with Crippen molar-refractivity contribution in [1.82, 2.24) is 15.3 Å². The summed E-state index contributed by atoms with van der Waals surface area (Å²) in [5.74, 6) is -0.299. The van der Waals surface area contributed by atoms with Crippen LogP contribution in [0, 0.1) is 12.7 Å². The molecule has 1 amide bonds. The first-order chi connectivity index (χ1) is 10.6. The molecular weight excluding hydrogens is 301 g/mol. The Morgan fingerprint density at radius 3 is 3.09 bits per heavy atom. The molecule has 1 aromatic carbocycles. The van der Waals surface area contributed by atoms with Crippen LogP contribution >= 0.6 is 11.3 Å². The van der Waals surface area contributed by atoms with E-state index in [0.29, 0.717) is 19.4 Å². The lowest BCUT2D eigenvalue weighted by Gasteiger charge is -2.03. The minimum absolute atomic E-state index is 0.0451. The van der Waals surface area contributed by atoms with Gasteiger partial charge < -0.3 is 10.3 Å². The monoisotopic (exact) mass is 317 g/mol. The van der Waals surface area contributed by atoms with E-state index in [1.54, 1.807) is 17.4 Å². The number of thiazole rings is 1. The number of H-pyrrole nitrogens is 1. The molecule has 6 heteroatoms. The third kappa shape index (κ3) is 3.33. The van der Waals surface area contributed by atoms with Crippen molar-refractivity contribution in [3.63, 3.8) is 0 Å². The SMILES string of the molecule is Cc1nc(CC(=O)NCCc2c[nH]c3ccc(F)cc23)cs1. The van der Waals surface area contributed by atoms with E-state index < -0.39 is 0 Å². The van der Waals surface area contributed by atoms with Crippen LogP contribution in [0.4, 0.5) is 4.39 Å². The van der Waals surface area contributed by atoms with Gasteiger partial charge in [0.05, 0.1) is 17.1 Å². The molecule has 0 spiro atoms. The van der Waals surface area contributed by atoms with Gasteiger partial charge in [-0.3, -0.25) is 4.79 Å². The van der Waals surface area contributed by atoms with Crippen LogP contribution in [0.5, 0.6) is 0 Å². The second-order valence-corrected chi connectivity index (χ2v) is 6.20. The molecule has 114 valence electrons. The fraction of sp³-hybridized carbons (Fsp3) is 0.250. The van der Waals surface area contributed by atoms with Crippen LogP contribution in [0.2, 0.25) is 0 Å². The third-order valence-electron chi connectivity index (χ3n) is 3.45. The van der Waals surface area contributed by atoms with Crippen LogP contribution in [0.15, 0.2) is 29.8 Å². The van der Waals surface area contributed by atoms with Gasteiger partial charge in [0.1, 0.15) is 5.82 Å². The smallest absolute Gasteiger partial charge is 0.226 e. The summed E-state index contributed by atoms with van der Waals surface area (Å²) in [6.45, 7) is 2.44. The Labute approximate surface area is 131 Å². The van der Waals surface area contributed by atoms with E-state index in [9.17, 15) is 9.18 Å². The van der Waals surface area contributed by atoms with Crippen LogP contribution in [0.1, 0.15) is 16.3 Å². The lowest BCUT2D eigenvalue weighted by Crippen LogP contribution is -2.27. The fourth-order valence-electron chi connectivity index (χ4n) is 2.41. The summed E-state index contributed by atoms with van der Waals surface area (Å²) >= 11 is 1.54. The Morgan fingerprint density at radius 1 is 1.45 bits per heavy atom. The fourth-order valence-corrected chi connectivity index (χ4v) is 3.02. The average Bonchev–Trinajstić information content (AvgIpc) is 3.05. The number of hydrogen-bond acceptors (Lipinski definition) is 3. The Balaban J connectivity index is 1.55. The second-order valence-electron chi connectivity index (χ2n) is 5.14. The number of hydrogen-bond donors (Lipinski definition) is 2. The van der Waals surface area contributed by atoms with Crippen molar-refractivity contribution in [3.8, 4) is 0 Å². The van der Waals surface area contributed by atoms with Gasteiger partial charge in [0.25, 0.3) is 0 Å². The molecule has 0 bridgehead atoms. The van der Waals surface area contributed by atoms with Crippen molar-refractivity contribution in [1.29, 1.82) is 0 Å². The first-order valence-corrected chi connectivity index (χ1v) is 7.93. The van der Waals surface area contributed by atoms with E-state index in [1.165, 1.54) is 12.1 Å². The quantitative estimate of drug-likeness (QED) is 0.760. The van der Waals surface area contributed by atoms with Crippen molar-refractivity contribution in [2.75, 3.05) is 6.54 Å². The van der Waals surface area contributed by atoms with Gasteiger partial charge in [0, 0.05) is 29.0 Å². The summed E-state index contributed by atoms with van der Waals surface area (Å²) in [5.41, 5.74) is 2.70. The molecule has 2 heterocycles. The van der Waals surface area contributed by atoms with E-state index in [0.717, 1.165) is 27.2 Å². The van der Waals surface area contributed by atoms with E-state index >= 15 is 0 Å². The van der Waals surface area contributed by atoms with Gasteiger partial charge in [-0.25, -0.2) is 9.37 Å². The van der Waals surface area contributed by atoms with Gasteiger partial charge >= 0.3 is 0 Å². The molecule has 0 radical (unpaired) electrons. The van der Waals surface area contributed by atoms with Gasteiger partial charge in [-0.1, -0.05) is 0 Å². The van der Waals surface area contributed by atoms with Crippen molar-refractivity contribution >= 4 is 28.1 Å². The maximum Gasteiger partial charge on any atom is 0.226 e. The van der Waals surface area contributed by atoms with E-state index in [-0.39, 0.29) is 11.7 Å². The number of amides is 1. The predicted octanol–water partition coefficient (Wildman–Crippen LogP) is 2.97. The topological polar surface area (TPSA) is 57.8 Å². The first kappa shape index (κ1) is 14.7. The molecule has 3 rings (SSSR count). The van der Waals surface area contributed by atoms with E-state index in [1.807, 2.05) is 18.5 Å². The summed E-state index contributed by atoms with van der Waals surface area (Å²) in [5, 5.41) is 6.60. The Bertz CT molecular complexity index is 809. The van der Waals surface area contributed by atoms with Crippen LogP contribution in [-0.4, -0.2) is 22.4 Å². The lowest BCUT2D eigenvalue weighted by molar-refractivity contribution is -0.120. The normalized spacial score (nSPS) is 11.0. The molecule has 0 saturated heterocycles. The second kappa shape index (κ2) is 6.27. The molecule has 22 heavy (non-hydrogen) atoms. The van der Waals surface area contributed by atoms with Crippen molar-refractivity contribution < 1.29 is 9.18 Å². The third-order valence-corrected chi connectivity index (χ3v) is 4.28. The van der Waals surface area contributed by atoms with Crippen molar-refractivity contribution in [3.05, 3.63) is 51.9 Å². The molecule has 3 aromatic rings. The summed E-state index contributed by atoms with van der Waals surface area (Å²) < 4.78 is 13.3. The molecule has 0 saturated carbocycles. The first-order valence-electron chi connectivity index (χ1n) is 7.05. The van der Waals surface area contributed by atoms with Gasteiger partial charge in [-0.2, -0.15) is 0 Å². The van der Waals surface area contributed by atoms with Crippen LogP contribution in [0.25, 0.3) is 10.9 Å². The zero-order valence-electron chi connectivity index (χ0n) is 12.1. The number of nitrogens with one attached hydrogen (secondary N) is 2. The summed E-state index contributed by atoms with van der Waals surface area (Å²) in [4.78, 5) is 19.2. The summed E-state index contributed by atoms with van der Waals surface area (Å²) in [6, 6.07) is 4.67. The standard InChI is InChI=1S/C16H16FN3OS/c1-10-20-13(9-22-10)7-16(21)18-5-4-11-8-19-15-3-2-12(17)6-14(11)15/h2-3,6,8-9,19H,4-5,7H2,1H3,(H,18,21). The number of rotatable bonds is 5. The van der Waals surface area contributed by atoms with Crippen LogP contribution in [-0.2, 0) is 17.6 Å². The molecular formula is C16H16FN3OS. The number of carbonyl (C=O) groups is 1. The number of benzene rings is 1. The average molecular weight is 317 g/mol. The maximum absolute atomic E-state index is 13.3. The lowest BCUT2D eigenvalue weighted by atomic mass is 10.1. The van der Waals surface area contributed by atoms with Gasteiger partial charge in [0.15, 0.2) is 0 Å². The Morgan fingerprint density at radius 2 is 2.32 bits per heavy atom. The summed E-state index contributed by atoms with van der Waals surface area (Å²) in [7, 11) is 0. The van der Waals surface area contributed by atoms with Gasteiger partial charge in [-0.05, 0) is 37.1 Å². The van der Waals surface area contributed by atoms with Gasteiger partial charge in [0.2, 0.25) is 5.91 Å². The highest BCUT2D eigenvalue weighted by Gasteiger charge is 2.08. The minimum atomic E-state index is -0.253. The zero-order valence-corrected chi connectivity index (χ0v) is 13.0. The Kier molecular flexibility index (Phi) is 4.20. The van der Waals surface area contributed by atoms with E-state index in [4.69, 9.17) is 0 Å². The highest BCUT2D eigenvalue weighted by Crippen LogP contribution is 2.19. The highest BCUT2D eigenvalue weighted by molar-refractivity contribution is 7.09. The number of fused-ring (bicyclic) bond motifs is 1. The number of carbonyl (C=O) groups excluding carboxylic acids is 1. The molecule has 0 atom stereocenters. The largest absolute Gasteiger partial charge is 0.361 e. The molecule has 0 aliphatic rings. The molecule has 0 fully saturated rings. The number of nitrogens with zero attached hydrogens (tertiary/aromatic N) is 1. The van der Waals surface area contributed by atoms with E-state index in [2.05, 4.69) is 15.3 Å². The zero-order chi connectivity index (χ0) is 15.5. The van der Waals surface area contributed by atoms with Crippen molar-refractivity contribution in [2.45, 2.75) is 19.8 Å². The molecule has 2 aromatic heterocycles. The summed E-state index contributed by atoms with van der Waals surface area (Å²) in [6.07, 6.45) is 2.82. The predicted molar refractivity (Wildman–Crippen MR) is 85.5 cm³/mol. The molecule has 0 aliphatic heterocycles. The highest BCUT2D eigenvalue weighted by atomic mass is 32.1. The van der Waals surface area contributed by atoms with Crippen LogP contribution < -0.4 is 5.32 Å². The van der Waals surface area contributed by atoms with Gasteiger partial charge in [-0.15, -0.1) is 11.3 Å².